The lowest BCUT2D eigenvalue weighted by molar-refractivity contribution is 0.239. The van der Waals surface area contributed by atoms with E-state index >= 15 is 0 Å². The van der Waals surface area contributed by atoms with Gasteiger partial charge in [-0.15, -0.1) is 0 Å². The molecule has 0 aliphatic rings. The highest BCUT2D eigenvalue weighted by atomic mass is 31.2. The molecule has 29 heavy (non-hydrogen) atoms. The van der Waals surface area contributed by atoms with E-state index in [2.05, 4.69) is 0 Å². The van der Waals surface area contributed by atoms with Crippen LogP contribution in [0.1, 0.15) is 6.92 Å². The standard InChI is InChI=1S/C18H17O10P/c1-2-27-29(24,25)8-26-18-16(23)15-13(22)6-10(19)7-14(15)28-17(18)9-3-4-11(20)12(21)5-9/h3-7,19-22H,2,8H2,1H3,(H,24,25). The molecule has 10 nitrogen and oxygen atoms in total. The Kier molecular flexibility index (Phi) is 5.43. The second kappa shape index (κ2) is 7.67. The smallest absolute Gasteiger partial charge is 0.365 e. The van der Waals surface area contributed by atoms with E-state index in [0.29, 0.717) is 0 Å². The lowest BCUT2D eigenvalue weighted by atomic mass is 10.1. The van der Waals surface area contributed by atoms with Crippen molar-refractivity contribution in [2.24, 2.45) is 0 Å². The lowest BCUT2D eigenvalue weighted by Crippen LogP contribution is -2.12. The molecule has 11 heteroatoms. The zero-order valence-electron chi connectivity index (χ0n) is 15.0. The summed E-state index contributed by atoms with van der Waals surface area (Å²) in [5, 5.41) is 38.6. The van der Waals surface area contributed by atoms with Gasteiger partial charge in [0.05, 0.1) is 6.61 Å². The minimum absolute atomic E-state index is 0.0672. The van der Waals surface area contributed by atoms with E-state index in [4.69, 9.17) is 13.7 Å². The maximum absolute atomic E-state index is 12.9. The van der Waals surface area contributed by atoms with Crippen LogP contribution in [0.4, 0.5) is 0 Å². The number of hydrogen-bond donors (Lipinski definition) is 5. The maximum atomic E-state index is 12.9. The minimum atomic E-state index is -4.18. The monoisotopic (exact) mass is 424 g/mol. The molecule has 0 bridgehead atoms. The fourth-order valence-electron chi connectivity index (χ4n) is 2.64. The van der Waals surface area contributed by atoms with Gasteiger partial charge < -0.3 is 39.0 Å². The number of rotatable bonds is 6. The largest absolute Gasteiger partial charge is 0.508 e. The number of phenols is 4. The lowest BCUT2D eigenvalue weighted by Gasteiger charge is -2.15. The van der Waals surface area contributed by atoms with Crippen LogP contribution in [0.2, 0.25) is 0 Å². The molecule has 1 heterocycles. The van der Waals surface area contributed by atoms with Crippen LogP contribution >= 0.6 is 7.60 Å². The molecule has 3 rings (SSSR count). The highest BCUT2D eigenvalue weighted by Gasteiger charge is 2.26. The third-order valence-electron chi connectivity index (χ3n) is 3.86. The number of hydrogen-bond acceptors (Lipinski definition) is 9. The molecule has 0 fully saturated rings. The van der Waals surface area contributed by atoms with Crippen molar-refractivity contribution in [3.05, 3.63) is 40.6 Å². The van der Waals surface area contributed by atoms with Gasteiger partial charge in [-0.3, -0.25) is 9.36 Å². The third kappa shape index (κ3) is 4.14. The van der Waals surface area contributed by atoms with E-state index in [9.17, 15) is 34.7 Å². The molecule has 1 unspecified atom stereocenters. The average Bonchev–Trinajstić information content (AvgIpc) is 2.62. The predicted molar refractivity (Wildman–Crippen MR) is 102 cm³/mol. The van der Waals surface area contributed by atoms with E-state index in [1.165, 1.54) is 13.0 Å². The number of ether oxygens (including phenoxy) is 1. The normalized spacial score (nSPS) is 13.3. The Bertz CT molecular complexity index is 1180. The Balaban J connectivity index is 2.25. The fourth-order valence-corrected chi connectivity index (χ4v) is 3.41. The first-order chi connectivity index (χ1) is 13.6. The Labute approximate surface area is 163 Å². The Morgan fingerprint density at radius 2 is 1.76 bits per heavy atom. The summed E-state index contributed by atoms with van der Waals surface area (Å²) in [5.41, 5.74) is -0.997. The predicted octanol–water partition coefficient (Wildman–Crippen LogP) is 2.84. The summed E-state index contributed by atoms with van der Waals surface area (Å²) in [6.07, 6.45) is -0.882. The summed E-state index contributed by atoms with van der Waals surface area (Å²) < 4.78 is 27.5. The molecule has 0 spiro atoms. The van der Waals surface area contributed by atoms with Crippen molar-refractivity contribution in [3.8, 4) is 40.1 Å². The van der Waals surface area contributed by atoms with Crippen LogP contribution in [-0.2, 0) is 9.09 Å². The van der Waals surface area contributed by atoms with E-state index in [1.807, 2.05) is 0 Å². The number of benzene rings is 2. The van der Waals surface area contributed by atoms with E-state index in [-0.39, 0.29) is 34.6 Å². The van der Waals surface area contributed by atoms with Gasteiger partial charge in [-0.05, 0) is 25.1 Å². The van der Waals surface area contributed by atoms with Crippen LogP contribution in [-0.4, -0.2) is 38.3 Å². The highest BCUT2D eigenvalue weighted by molar-refractivity contribution is 7.52. The maximum Gasteiger partial charge on any atom is 0.365 e. The second-order valence-electron chi connectivity index (χ2n) is 5.96. The first kappa shape index (κ1) is 20.5. The zero-order chi connectivity index (χ0) is 21.3. The SMILES string of the molecule is CCOP(=O)(O)COc1c(-c2ccc(O)c(O)c2)oc2cc(O)cc(O)c2c1=O. The fraction of sp³-hybridized carbons (Fsp3) is 0.167. The number of phenolic OH excluding ortho intramolecular Hbond substituents is 4. The molecule has 0 saturated heterocycles. The molecule has 0 aliphatic heterocycles. The van der Waals surface area contributed by atoms with Crippen LogP contribution in [0.25, 0.3) is 22.3 Å². The van der Waals surface area contributed by atoms with Crippen molar-refractivity contribution in [1.82, 2.24) is 0 Å². The van der Waals surface area contributed by atoms with E-state index in [1.54, 1.807) is 0 Å². The van der Waals surface area contributed by atoms with Crippen molar-refractivity contribution >= 4 is 18.6 Å². The van der Waals surface area contributed by atoms with E-state index < -0.39 is 42.4 Å². The van der Waals surface area contributed by atoms with Gasteiger partial charge in [0.2, 0.25) is 11.2 Å². The van der Waals surface area contributed by atoms with Crippen LogP contribution in [0.15, 0.2) is 39.5 Å². The molecule has 1 atom stereocenters. The van der Waals surface area contributed by atoms with Crippen LogP contribution in [0, 0.1) is 0 Å². The minimum Gasteiger partial charge on any atom is -0.508 e. The molecular formula is C18H17O10P. The van der Waals surface area contributed by atoms with Gasteiger partial charge in [0, 0.05) is 17.7 Å². The zero-order valence-corrected chi connectivity index (χ0v) is 15.9. The summed E-state index contributed by atoms with van der Waals surface area (Å²) in [6, 6.07) is 5.52. The summed E-state index contributed by atoms with van der Waals surface area (Å²) in [7, 11) is -4.18. The molecule has 3 aromatic rings. The van der Waals surface area contributed by atoms with Gasteiger partial charge in [-0.2, -0.15) is 0 Å². The van der Waals surface area contributed by atoms with Gasteiger partial charge >= 0.3 is 7.60 Å². The van der Waals surface area contributed by atoms with Gasteiger partial charge in [-0.25, -0.2) is 0 Å². The molecule has 1 aromatic heterocycles. The van der Waals surface area contributed by atoms with Crippen molar-refractivity contribution in [1.29, 1.82) is 0 Å². The quantitative estimate of drug-likeness (QED) is 0.293. The van der Waals surface area contributed by atoms with Gasteiger partial charge in [0.1, 0.15) is 22.5 Å². The van der Waals surface area contributed by atoms with Crippen LogP contribution < -0.4 is 10.2 Å². The Morgan fingerprint density at radius 1 is 1.03 bits per heavy atom. The molecule has 0 aliphatic carbocycles. The van der Waals surface area contributed by atoms with Crippen molar-refractivity contribution < 1.29 is 43.6 Å². The summed E-state index contributed by atoms with van der Waals surface area (Å²) >= 11 is 0. The van der Waals surface area contributed by atoms with Gasteiger partial charge in [-0.1, -0.05) is 0 Å². The summed E-state index contributed by atoms with van der Waals surface area (Å²) in [5.74, 6) is -2.70. The molecule has 0 amide bonds. The van der Waals surface area contributed by atoms with Crippen molar-refractivity contribution in [2.75, 3.05) is 13.0 Å². The van der Waals surface area contributed by atoms with Crippen LogP contribution in [0.5, 0.6) is 28.7 Å². The molecule has 0 radical (unpaired) electrons. The molecule has 154 valence electrons. The molecule has 0 saturated carbocycles. The van der Waals surface area contributed by atoms with Gasteiger partial charge in [0.15, 0.2) is 23.6 Å². The number of fused-ring (bicyclic) bond motifs is 1. The first-order valence-corrected chi connectivity index (χ1v) is 10.0. The topological polar surface area (TPSA) is 167 Å². The van der Waals surface area contributed by atoms with Crippen LogP contribution in [0.3, 0.4) is 0 Å². The van der Waals surface area contributed by atoms with Crippen molar-refractivity contribution in [2.45, 2.75) is 6.92 Å². The highest BCUT2D eigenvalue weighted by Crippen LogP contribution is 2.43. The van der Waals surface area contributed by atoms with Gasteiger partial charge in [0.25, 0.3) is 0 Å². The third-order valence-corrected chi connectivity index (χ3v) is 4.98. The first-order valence-electron chi connectivity index (χ1n) is 8.27. The Morgan fingerprint density at radius 3 is 2.41 bits per heavy atom. The average molecular weight is 424 g/mol. The second-order valence-corrected chi connectivity index (χ2v) is 7.75. The Hall–Kier alpha value is -3.20. The number of aromatic hydroxyl groups is 4. The molecular weight excluding hydrogens is 407 g/mol. The summed E-state index contributed by atoms with van der Waals surface area (Å²) in [6.45, 7) is 1.44. The molecule has 5 N–H and O–H groups in total. The summed E-state index contributed by atoms with van der Waals surface area (Å²) in [4.78, 5) is 22.7. The van der Waals surface area contributed by atoms with Crippen molar-refractivity contribution in [3.63, 3.8) is 0 Å². The van der Waals surface area contributed by atoms with E-state index in [0.717, 1.165) is 24.3 Å². The molecule has 2 aromatic carbocycles.